The van der Waals surface area contributed by atoms with E-state index in [1.807, 2.05) is 17.5 Å². The van der Waals surface area contributed by atoms with Crippen molar-refractivity contribution in [3.05, 3.63) is 81.5 Å². The van der Waals surface area contributed by atoms with Crippen molar-refractivity contribution in [3.63, 3.8) is 0 Å². The number of nitrogens with zero attached hydrogens (tertiary/aromatic N) is 2. The van der Waals surface area contributed by atoms with Gasteiger partial charge in [0, 0.05) is 9.35 Å². The molecule has 28 heavy (non-hydrogen) atoms. The van der Waals surface area contributed by atoms with E-state index in [9.17, 15) is 13.2 Å². The van der Waals surface area contributed by atoms with E-state index < -0.39 is 22.5 Å². The maximum Gasteiger partial charge on any atom is 0.264 e. The molecule has 9 heteroatoms. The summed E-state index contributed by atoms with van der Waals surface area (Å²) in [5.41, 5.74) is 2.75. The van der Waals surface area contributed by atoms with Crippen molar-refractivity contribution in [2.75, 3.05) is 10.8 Å². The first-order valence-corrected chi connectivity index (χ1v) is 11.3. The topological polar surface area (TPSA) is 78.8 Å². The maximum atomic E-state index is 13.1. The highest BCUT2D eigenvalue weighted by Crippen LogP contribution is 2.26. The minimum absolute atomic E-state index is 0.102. The third kappa shape index (κ3) is 5.06. The highest BCUT2D eigenvalue weighted by atomic mass is 79.9. The molecule has 0 unspecified atom stereocenters. The molecule has 3 rings (SSSR count). The number of nitrogens with one attached hydrogen (secondary N) is 1. The summed E-state index contributed by atoms with van der Waals surface area (Å²) < 4.78 is 28.0. The van der Waals surface area contributed by atoms with Gasteiger partial charge in [0.1, 0.15) is 6.54 Å². The Hall–Kier alpha value is -2.49. The first kappa shape index (κ1) is 20.2. The lowest BCUT2D eigenvalue weighted by atomic mass is 10.3. The molecule has 0 saturated carbocycles. The summed E-state index contributed by atoms with van der Waals surface area (Å²) >= 11 is 4.82. The van der Waals surface area contributed by atoms with Gasteiger partial charge in [-0.15, -0.1) is 11.3 Å². The largest absolute Gasteiger partial charge is 0.271 e. The van der Waals surface area contributed by atoms with E-state index in [4.69, 9.17) is 0 Å². The highest BCUT2D eigenvalue weighted by Gasteiger charge is 2.27. The Kier molecular flexibility index (Phi) is 6.61. The predicted molar refractivity (Wildman–Crippen MR) is 115 cm³/mol. The Labute approximate surface area is 175 Å². The van der Waals surface area contributed by atoms with Crippen LogP contribution in [-0.2, 0) is 14.8 Å². The normalized spacial score (nSPS) is 11.5. The van der Waals surface area contributed by atoms with Crippen LogP contribution in [0, 0.1) is 0 Å². The maximum absolute atomic E-state index is 13.1. The van der Waals surface area contributed by atoms with Crippen molar-refractivity contribution in [3.8, 4) is 0 Å². The number of sulfonamides is 1. The average Bonchev–Trinajstić information content (AvgIpc) is 3.20. The van der Waals surface area contributed by atoms with Gasteiger partial charge in [0.25, 0.3) is 15.9 Å². The third-order valence-corrected chi connectivity index (χ3v) is 6.73. The quantitative estimate of drug-likeness (QED) is 0.414. The summed E-state index contributed by atoms with van der Waals surface area (Å²) in [7, 11) is -3.93. The lowest BCUT2D eigenvalue weighted by Crippen LogP contribution is -2.39. The molecule has 0 fully saturated rings. The number of hydrogen-bond acceptors (Lipinski definition) is 5. The fourth-order valence-electron chi connectivity index (χ4n) is 2.36. The Morgan fingerprint density at radius 1 is 1.11 bits per heavy atom. The summed E-state index contributed by atoms with van der Waals surface area (Å²) in [6.07, 6.45) is 1.51. The molecule has 3 aromatic rings. The molecule has 1 heterocycles. The van der Waals surface area contributed by atoms with Crippen LogP contribution in [0.4, 0.5) is 5.69 Å². The van der Waals surface area contributed by atoms with Gasteiger partial charge in [0.2, 0.25) is 0 Å². The number of carbonyl (C=O) groups is 1. The number of amides is 1. The number of benzene rings is 2. The van der Waals surface area contributed by atoms with E-state index >= 15 is 0 Å². The SMILES string of the molecule is O=C(CN(c1cccc(Br)c1)S(=O)(=O)c1ccccc1)N/N=C\c1cccs1. The summed E-state index contributed by atoms with van der Waals surface area (Å²) in [5, 5.41) is 5.78. The van der Waals surface area contributed by atoms with Gasteiger partial charge in [-0.25, -0.2) is 13.8 Å². The van der Waals surface area contributed by atoms with Gasteiger partial charge in [-0.2, -0.15) is 5.10 Å². The van der Waals surface area contributed by atoms with E-state index in [-0.39, 0.29) is 4.90 Å². The van der Waals surface area contributed by atoms with Gasteiger partial charge < -0.3 is 0 Å². The molecule has 0 spiro atoms. The molecule has 0 aliphatic heterocycles. The van der Waals surface area contributed by atoms with Gasteiger partial charge in [-0.1, -0.05) is 46.3 Å². The van der Waals surface area contributed by atoms with E-state index in [1.165, 1.54) is 29.7 Å². The molecule has 2 aromatic carbocycles. The zero-order valence-corrected chi connectivity index (χ0v) is 17.7. The number of halogens is 1. The first-order valence-electron chi connectivity index (χ1n) is 8.15. The van der Waals surface area contributed by atoms with Crippen LogP contribution in [0.5, 0.6) is 0 Å². The zero-order valence-electron chi connectivity index (χ0n) is 14.5. The Morgan fingerprint density at radius 3 is 2.57 bits per heavy atom. The van der Waals surface area contributed by atoms with Crippen LogP contribution in [0.25, 0.3) is 0 Å². The fourth-order valence-corrected chi connectivity index (χ4v) is 4.77. The second-order valence-electron chi connectivity index (χ2n) is 5.61. The molecule has 0 aliphatic rings. The van der Waals surface area contributed by atoms with Crippen LogP contribution in [0.3, 0.4) is 0 Å². The third-order valence-electron chi connectivity index (χ3n) is 3.64. The summed E-state index contributed by atoms with van der Waals surface area (Å²) in [5.74, 6) is -0.549. The monoisotopic (exact) mass is 477 g/mol. The Morgan fingerprint density at radius 2 is 1.89 bits per heavy atom. The molecule has 144 valence electrons. The number of anilines is 1. The molecular formula is C19H16BrN3O3S2. The van der Waals surface area contributed by atoms with Crippen LogP contribution >= 0.6 is 27.3 Å². The standard InChI is InChI=1S/C19H16BrN3O3S2/c20-15-6-4-7-16(12-15)23(28(25,26)18-9-2-1-3-10-18)14-19(24)22-21-13-17-8-5-11-27-17/h1-13H,14H2,(H,22,24)/b21-13-. The Balaban J connectivity index is 1.85. The molecular weight excluding hydrogens is 462 g/mol. The molecule has 0 atom stereocenters. The number of carbonyl (C=O) groups excluding carboxylic acids is 1. The smallest absolute Gasteiger partial charge is 0.264 e. The van der Waals surface area contributed by atoms with E-state index in [2.05, 4.69) is 26.5 Å². The van der Waals surface area contributed by atoms with Crippen LogP contribution in [0.2, 0.25) is 0 Å². The highest BCUT2D eigenvalue weighted by molar-refractivity contribution is 9.10. The van der Waals surface area contributed by atoms with Crippen molar-refractivity contribution in [2.24, 2.45) is 5.10 Å². The molecule has 0 bridgehead atoms. The van der Waals surface area contributed by atoms with Gasteiger partial charge in [0.05, 0.1) is 16.8 Å². The second-order valence-corrected chi connectivity index (χ2v) is 9.37. The number of hydrogen-bond donors (Lipinski definition) is 1. The molecule has 6 nitrogen and oxygen atoms in total. The second kappa shape index (κ2) is 9.13. The van der Waals surface area contributed by atoms with Gasteiger partial charge in [-0.3, -0.25) is 9.10 Å². The van der Waals surface area contributed by atoms with Gasteiger partial charge in [0.15, 0.2) is 0 Å². The van der Waals surface area contributed by atoms with Crippen molar-refractivity contribution >= 4 is 55.1 Å². The zero-order chi connectivity index (χ0) is 20.0. The van der Waals surface area contributed by atoms with E-state index in [0.29, 0.717) is 10.2 Å². The number of thiophene rings is 1. The van der Waals surface area contributed by atoms with Crippen molar-refractivity contribution in [1.82, 2.24) is 5.43 Å². The average molecular weight is 478 g/mol. The molecule has 0 saturated heterocycles. The molecule has 0 aliphatic carbocycles. The molecule has 1 N–H and O–H groups in total. The number of rotatable bonds is 7. The summed E-state index contributed by atoms with van der Waals surface area (Å²) in [4.78, 5) is 13.4. The van der Waals surface area contributed by atoms with Crippen LogP contribution in [0.15, 0.2) is 86.6 Å². The summed E-state index contributed by atoms with van der Waals surface area (Å²) in [6.45, 7) is -0.407. The van der Waals surface area contributed by atoms with Crippen LogP contribution in [-0.4, -0.2) is 27.1 Å². The molecule has 1 aromatic heterocycles. The summed E-state index contributed by atoms with van der Waals surface area (Å²) in [6, 6.07) is 18.5. The minimum atomic E-state index is -3.93. The lowest BCUT2D eigenvalue weighted by Gasteiger charge is -2.23. The predicted octanol–water partition coefficient (Wildman–Crippen LogP) is 3.86. The lowest BCUT2D eigenvalue weighted by molar-refractivity contribution is -0.119. The fraction of sp³-hybridized carbons (Fsp3) is 0.0526. The number of hydrazone groups is 1. The molecule has 0 radical (unpaired) electrons. The van der Waals surface area contributed by atoms with E-state index in [1.54, 1.807) is 42.5 Å². The van der Waals surface area contributed by atoms with Crippen molar-refractivity contribution < 1.29 is 13.2 Å². The Bertz CT molecular complexity index is 1070. The molecule has 1 amide bonds. The van der Waals surface area contributed by atoms with Crippen molar-refractivity contribution in [2.45, 2.75) is 4.90 Å². The van der Waals surface area contributed by atoms with Gasteiger partial charge in [-0.05, 0) is 41.8 Å². The van der Waals surface area contributed by atoms with Crippen molar-refractivity contribution in [1.29, 1.82) is 0 Å². The van der Waals surface area contributed by atoms with Crippen LogP contribution < -0.4 is 9.73 Å². The first-order chi connectivity index (χ1) is 13.5. The minimum Gasteiger partial charge on any atom is -0.271 e. The van der Waals surface area contributed by atoms with Crippen LogP contribution in [0.1, 0.15) is 4.88 Å². The van der Waals surface area contributed by atoms with Gasteiger partial charge >= 0.3 is 0 Å². The van der Waals surface area contributed by atoms with E-state index in [0.717, 1.165) is 9.18 Å².